The zero-order valence-corrected chi connectivity index (χ0v) is 12.4. The van der Waals surface area contributed by atoms with Gasteiger partial charge in [-0.3, -0.25) is 0 Å². The largest absolute Gasteiger partial charge is 0.497 e. The molecule has 0 aromatic heterocycles. The highest BCUT2D eigenvalue weighted by atomic mass is 16.5. The van der Waals surface area contributed by atoms with E-state index in [2.05, 4.69) is 14.8 Å². The van der Waals surface area contributed by atoms with Gasteiger partial charge in [0, 0.05) is 5.54 Å². The lowest BCUT2D eigenvalue weighted by molar-refractivity contribution is 0.256. The van der Waals surface area contributed by atoms with Gasteiger partial charge >= 0.3 is 0 Å². The van der Waals surface area contributed by atoms with Crippen molar-refractivity contribution < 1.29 is 9.47 Å². The highest BCUT2D eigenvalue weighted by Crippen LogP contribution is 2.19. The van der Waals surface area contributed by atoms with E-state index in [1.165, 1.54) is 19.2 Å². The first kappa shape index (κ1) is 15.9. The zero-order chi connectivity index (χ0) is 14.1. The van der Waals surface area contributed by atoms with E-state index in [0.29, 0.717) is 6.61 Å². The smallest absolute Gasteiger partial charge is 0.119 e. The van der Waals surface area contributed by atoms with E-state index in [9.17, 15) is 0 Å². The van der Waals surface area contributed by atoms with Gasteiger partial charge in [0.05, 0.1) is 13.7 Å². The van der Waals surface area contributed by atoms with E-state index >= 15 is 0 Å². The van der Waals surface area contributed by atoms with Crippen molar-refractivity contribution in [3.8, 4) is 11.5 Å². The van der Waals surface area contributed by atoms with Crippen LogP contribution in [-0.4, -0.2) is 27.1 Å². The van der Waals surface area contributed by atoms with Gasteiger partial charge in [0.15, 0.2) is 0 Å². The number of methoxy groups -OCH3 is 1. The van der Waals surface area contributed by atoms with E-state index in [1.54, 1.807) is 7.11 Å². The molecule has 4 heteroatoms. The second-order valence-corrected chi connectivity index (χ2v) is 5.39. The van der Waals surface area contributed by atoms with E-state index in [4.69, 9.17) is 15.2 Å². The molecule has 0 amide bonds. The number of nitrogens with two attached hydrogens (primary N) is 1. The van der Waals surface area contributed by atoms with Crippen LogP contribution in [0.4, 0.5) is 0 Å². The Balaban J connectivity index is 2.27. The Morgan fingerprint density at radius 3 is 2.32 bits per heavy atom. The number of rotatable bonds is 9. The van der Waals surface area contributed by atoms with Crippen LogP contribution in [0.5, 0.6) is 11.5 Å². The summed E-state index contributed by atoms with van der Waals surface area (Å²) in [5, 5.41) is 0. The van der Waals surface area contributed by atoms with E-state index < -0.39 is 0 Å². The molecule has 106 valence electrons. The lowest BCUT2D eigenvalue weighted by Crippen LogP contribution is -2.37. The molecule has 1 aromatic carbocycles. The van der Waals surface area contributed by atoms with Crippen LogP contribution < -0.4 is 15.2 Å². The zero-order valence-electron chi connectivity index (χ0n) is 12.4. The summed E-state index contributed by atoms with van der Waals surface area (Å²) < 4.78 is 10.8. The highest BCUT2D eigenvalue weighted by molar-refractivity contribution is 6.08. The molecule has 3 nitrogen and oxygen atoms in total. The van der Waals surface area contributed by atoms with Crippen molar-refractivity contribution in [3.63, 3.8) is 0 Å². The van der Waals surface area contributed by atoms with Crippen molar-refractivity contribution >= 4 is 7.85 Å². The van der Waals surface area contributed by atoms with Crippen LogP contribution in [0, 0.1) is 0 Å². The minimum atomic E-state index is -0.123. The van der Waals surface area contributed by atoms with Gasteiger partial charge < -0.3 is 15.2 Å². The molecule has 1 rings (SSSR count). The van der Waals surface area contributed by atoms with Crippen LogP contribution >= 0.6 is 0 Å². The molecule has 0 heterocycles. The molecule has 2 N–H and O–H groups in total. The van der Waals surface area contributed by atoms with E-state index in [-0.39, 0.29) is 5.54 Å². The third kappa shape index (κ3) is 6.53. The van der Waals surface area contributed by atoms with Crippen LogP contribution in [0.1, 0.15) is 32.6 Å². The van der Waals surface area contributed by atoms with Gasteiger partial charge in [-0.1, -0.05) is 19.2 Å². The summed E-state index contributed by atoms with van der Waals surface area (Å²) in [5.74, 6) is 1.71. The topological polar surface area (TPSA) is 44.5 Å². The Bertz CT molecular complexity index is 352. The van der Waals surface area contributed by atoms with Gasteiger partial charge in [-0.25, -0.2) is 0 Å². The SMILES string of the molecule is BCCCCC(C)(N)CCOc1ccc(OC)cc1. The standard InChI is InChI=1S/C15H26BNO2/c1-15(17,9-3-4-11-16)10-12-19-14-7-5-13(18-2)6-8-14/h5-8H,3-4,9-12,16-17H2,1-2H3. The second-order valence-electron chi connectivity index (χ2n) is 5.39. The Morgan fingerprint density at radius 2 is 1.74 bits per heavy atom. The molecular formula is C15H26BNO2. The van der Waals surface area contributed by atoms with E-state index in [0.717, 1.165) is 24.3 Å². The third-order valence-corrected chi connectivity index (χ3v) is 3.35. The van der Waals surface area contributed by atoms with Crippen molar-refractivity contribution in [2.24, 2.45) is 5.73 Å². The van der Waals surface area contributed by atoms with Gasteiger partial charge in [-0.15, -0.1) is 0 Å². The molecule has 1 aromatic rings. The van der Waals surface area contributed by atoms with Crippen molar-refractivity contribution in [2.75, 3.05) is 13.7 Å². The molecule has 0 fully saturated rings. The average Bonchev–Trinajstić information content (AvgIpc) is 2.39. The summed E-state index contributed by atoms with van der Waals surface area (Å²) in [6.45, 7) is 2.77. The second kappa shape index (κ2) is 8.10. The van der Waals surface area contributed by atoms with Crippen molar-refractivity contribution in [2.45, 2.75) is 44.5 Å². The maximum absolute atomic E-state index is 6.27. The fourth-order valence-corrected chi connectivity index (χ4v) is 1.98. The molecule has 0 bridgehead atoms. The fourth-order valence-electron chi connectivity index (χ4n) is 1.98. The molecule has 0 spiro atoms. The predicted molar refractivity (Wildman–Crippen MR) is 82.9 cm³/mol. The number of ether oxygens (including phenoxy) is 2. The Hall–Kier alpha value is -1.16. The Kier molecular flexibility index (Phi) is 6.78. The predicted octanol–water partition coefficient (Wildman–Crippen LogP) is 2.40. The van der Waals surface area contributed by atoms with Crippen LogP contribution in [-0.2, 0) is 0 Å². The number of hydrogen-bond donors (Lipinski definition) is 1. The molecule has 0 saturated heterocycles. The van der Waals surface area contributed by atoms with Crippen LogP contribution in [0.2, 0.25) is 6.32 Å². The first-order chi connectivity index (χ1) is 9.07. The first-order valence-electron chi connectivity index (χ1n) is 7.13. The molecule has 0 aliphatic carbocycles. The summed E-state index contributed by atoms with van der Waals surface area (Å²) in [7, 11) is 3.87. The van der Waals surface area contributed by atoms with Crippen molar-refractivity contribution in [3.05, 3.63) is 24.3 Å². The molecule has 1 atom stereocenters. The third-order valence-electron chi connectivity index (χ3n) is 3.35. The Labute approximate surface area is 117 Å². The molecule has 1 unspecified atom stereocenters. The number of benzene rings is 1. The monoisotopic (exact) mass is 263 g/mol. The minimum Gasteiger partial charge on any atom is -0.497 e. The van der Waals surface area contributed by atoms with Gasteiger partial charge in [-0.2, -0.15) is 0 Å². The lowest BCUT2D eigenvalue weighted by Gasteiger charge is -2.24. The minimum absolute atomic E-state index is 0.123. The summed E-state index contributed by atoms with van der Waals surface area (Å²) in [6, 6.07) is 7.64. The average molecular weight is 263 g/mol. The van der Waals surface area contributed by atoms with Crippen molar-refractivity contribution in [1.82, 2.24) is 0 Å². The van der Waals surface area contributed by atoms with Gasteiger partial charge in [0.25, 0.3) is 0 Å². The van der Waals surface area contributed by atoms with Crippen LogP contribution in [0.3, 0.4) is 0 Å². The number of unbranched alkanes of at least 4 members (excludes halogenated alkanes) is 1. The molecule has 0 radical (unpaired) electrons. The molecule has 0 aliphatic heterocycles. The van der Waals surface area contributed by atoms with Crippen LogP contribution in [0.15, 0.2) is 24.3 Å². The maximum Gasteiger partial charge on any atom is 0.119 e. The summed E-state index contributed by atoms with van der Waals surface area (Å²) in [5.41, 5.74) is 6.14. The highest BCUT2D eigenvalue weighted by Gasteiger charge is 2.17. The normalized spacial score (nSPS) is 13.8. The van der Waals surface area contributed by atoms with Gasteiger partial charge in [0.2, 0.25) is 0 Å². The molecule has 0 saturated carbocycles. The molecular weight excluding hydrogens is 237 g/mol. The molecule has 19 heavy (non-hydrogen) atoms. The molecule has 0 aliphatic rings. The fraction of sp³-hybridized carbons (Fsp3) is 0.600. The van der Waals surface area contributed by atoms with Crippen LogP contribution in [0.25, 0.3) is 0 Å². The van der Waals surface area contributed by atoms with Gasteiger partial charge in [-0.05, 0) is 44.0 Å². The summed E-state index contributed by atoms with van der Waals surface area (Å²) >= 11 is 0. The quantitative estimate of drug-likeness (QED) is 0.549. The van der Waals surface area contributed by atoms with Gasteiger partial charge in [0.1, 0.15) is 19.3 Å². The summed E-state index contributed by atoms with van der Waals surface area (Å²) in [4.78, 5) is 0. The lowest BCUT2D eigenvalue weighted by atomic mass is 9.90. The van der Waals surface area contributed by atoms with Crippen molar-refractivity contribution in [1.29, 1.82) is 0 Å². The summed E-state index contributed by atoms with van der Waals surface area (Å²) in [6.07, 6.45) is 5.63. The first-order valence-corrected chi connectivity index (χ1v) is 7.13. The maximum atomic E-state index is 6.27. The number of hydrogen-bond acceptors (Lipinski definition) is 3. The Morgan fingerprint density at radius 1 is 1.11 bits per heavy atom. The van der Waals surface area contributed by atoms with E-state index in [1.807, 2.05) is 24.3 Å².